The van der Waals surface area contributed by atoms with Gasteiger partial charge in [-0.3, -0.25) is 9.69 Å². The van der Waals surface area contributed by atoms with E-state index in [1.54, 1.807) is 0 Å². The minimum Gasteiger partial charge on any atom is -0.480 e. The summed E-state index contributed by atoms with van der Waals surface area (Å²) in [6.45, 7) is 12.2. The van der Waals surface area contributed by atoms with Gasteiger partial charge in [0.15, 0.2) is 0 Å². The number of carboxylic acids is 1. The molecule has 0 atom stereocenters. The first-order valence-electron chi connectivity index (χ1n) is 7.10. The van der Waals surface area contributed by atoms with Crippen molar-refractivity contribution in [2.24, 2.45) is 5.92 Å². The predicted octanol–water partition coefficient (Wildman–Crippen LogP) is 1.90. The zero-order chi connectivity index (χ0) is 13.7. The Kier molecular flexibility index (Phi) is 6.09. The third-order valence-electron chi connectivity index (χ3n) is 3.63. The van der Waals surface area contributed by atoms with Crippen molar-refractivity contribution in [2.75, 3.05) is 26.2 Å². The van der Waals surface area contributed by atoms with E-state index in [4.69, 9.17) is 5.11 Å². The van der Waals surface area contributed by atoms with Crippen LogP contribution in [0.15, 0.2) is 0 Å². The summed E-state index contributed by atoms with van der Waals surface area (Å²) < 4.78 is 0. The standard InChI is InChI=1S/C14H28N2O2/c1-11(2)9-15-7-5-13(6-8-15)16(12(3)4)10-14(17)18/h11-13H,5-10H2,1-4H3,(H,17,18). The van der Waals surface area contributed by atoms with E-state index < -0.39 is 5.97 Å². The molecule has 0 aromatic rings. The SMILES string of the molecule is CC(C)CN1CCC(N(CC(=O)O)C(C)C)CC1. The maximum Gasteiger partial charge on any atom is 0.317 e. The molecule has 4 nitrogen and oxygen atoms in total. The summed E-state index contributed by atoms with van der Waals surface area (Å²) in [6.07, 6.45) is 2.19. The molecule has 0 aromatic heterocycles. The molecule has 0 unspecified atom stereocenters. The first-order valence-corrected chi connectivity index (χ1v) is 7.10. The van der Waals surface area contributed by atoms with Gasteiger partial charge in [0.2, 0.25) is 0 Å². The Bertz CT molecular complexity index is 259. The van der Waals surface area contributed by atoms with Crippen molar-refractivity contribution in [1.29, 1.82) is 0 Å². The van der Waals surface area contributed by atoms with Crippen LogP contribution in [0.3, 0.4) is 0 Å². The Labute approximate surface area is 111 Å². The fraction of sp³-hybridized carbons (Fsp3) is 0.929. The average molecular weight is 256 g/mol. The van der Waals surface area contributed by atoms with Gasteiger partial charge in [0.05, 0.1) is 6.54 Å². The number of likely N-dealkylation sites (tertiary alicyclic amines) is 1. The third kappa shape index (κ3) is 4.94. The summed E-state index contributed by atoms with van der Waals surface area (Å²) in [5, 5.41) is 8.98. The molecule has 0 amide bonds. The fourth-order valence-electron chi connectivity index (χ4n) is 2.84. The van der Waals surface area contributed by atoms with Crippen molar-refractivity contribution in [3.63, 3.8) is 0 Å². The Hall–Kier alpha value is -0.610. The van der Waals surface area contributed by atoms with Crippen LogP contribution in [0.4, 0.5) is 0 Å². The first-order chi connectivity index (χ1) is 8.40. The monoisotopic (exact) mass is 256 g/mol. The molecule has 0 bridgehead atoms. The number of carbonyl (C=O) groups is 1. The van der Waals surface area contributed by atoms with E-state index in [-0.39, 0.29) is 6.54 Å². The van der Waals surface area contributed by atoms with Crippen LogP contribution in [0.2, 0.25) is 0 Å². The molecule has 1 rings (SSSR count). The number of aliphatic carboxylic acids is 1. The van der Waals surface area contributed by atoms with Crippen molar-refractivity contribution >= 4 is 5.97 Å². The van der Waals surface area contributed by atoms with Crippen molar-refractivity contribution in [3.05, 3.63) is 0 Å². The highest BCUT2D eigenvalue weighted by Crippen LogP contribution is 2.19. The van der Waals surface area contributed by atoms with E-state index in [1.807, 2.05) is 0 Å². The molecule has 0 radical (unpaired) electrons. The molecule has 0 saturated carbocycles. The van der Waals surface area contributed by atoms with E-state index >= 15 is 0 Å². The van der Waals surface area contributed by atoms with Crippen LogP contribution in [0.1, 0.15) is 40.5 Å². The smallest absolute Gasteiger partial charge is 0.317 e. The second-order valence-electron chi connectivity index (χ2n) is 6.09. The van der Waals surface area contributed by atoms with Gasteiger partial charge in [0.1, 0.15) is 0 Å². The molecular formula is C14H28N2O2. The van der Waals surface area contributed by atoms with Crippen LogP contribution in [-0.4, -0.2) is 59.1 Å². The summed E-state index contributed by atoms with van der Waals surface area (Å²) in [7, 11) is 0. The molecule has 0 spiro atoms. The predicted molar refractivity (Wildman–Crippen MR) is 73.8 cm³/mol. The Balaban J connectivity index is 2.46. The lowest BCUT2D eigenvalue weighted by Crippen LogP contribution is -2.49. The van der Waals surface area contributed by atoms with Gasteiger partial charge in [-0.15, -0.1) is 0 Å². The van der Waals surface area contributed by atoms with Crippen molar-refractivity contribution < 1.29 is 9.90 Å². The Morgan fingerprint density at radius 1 is 1.28 bits per heavy atom. The van der Waals surface area contributed by atoms with Crippen molar-refractivity contribution in [1.82, 2.24) is 9.80 Å². The highest BCUT2D eigenvalue weighted by Gasteiger charge is 2.27. The topological polar surface area (TPSA) is 43.8 Å². The summed E-state index contributed by atoms with van der Waals surface area (Å²) in [6, 6.07) is 0.743. The first kappa shape index (κ1) is 15.4. The quantitative estimate of drug-likeness (QED) is 0.788. The lowest BCUT2D eigenvalue weighted by Gasteiger charge is -2.40. The fourth-order valence-corrected chi connectivity index (χ4v) is 2.84. The molecule has 1 N–H and O–H groups in total. The molecular weight excluding hydrogens is 228 g/mol. The molecule has 1 aliphatic rings. The molecule has 1 saturated heterocycles. The second kappa shape index (κ2) is 7.10. The van der Waals surface area contributed by atoms with Gasteiger partial charge in [-0.25, -0.2) is 0 Å². The van der Waals surface area contributed by atoms with E-state index in [0.29, 0.717) is 18.0 Å². The normalized spacial score (nSPS) is 19.1. The minimum absolute atomic E-state index is 0.173. The van der Waals surface area contributed by atoms with Gasteiger partial charge < -0.3 is 10.0 Å². The maximum atomic E-state index is 10.9. The van der Waals surface area contributed by atoms with E-state index in [9.17, 15) is 4.79 Å². The molecule has 0 aliphatic carbocycles. The van der Waals surface area contributed by atoms with Crippen LogP contribution in [-0.2, 0) is 4.79 Å². The Morgan fingerprint density at radius 3 is 2.22 bits per heavy atom. The number of carboxylic acid groups (broad SMARTS) is 1. The summed E-state index contributed by atoms with van der Waals surface area (Å²) >= 11 is 0. The molecule has 4 heteroatoms. The molecule has 1 fully saturated rings. The van der Waals surface area contributed by atoms with E-state index in [1.165, 1.54) is 0 Å². The van der Waals surface area contributed by atoms with Crippen LogP contribution >= 0.6 is 0 Å². The molecule has 1 aliphatic heterocycles. The van der Waals surface area contributed by atoms with Gasteiger partial charge >= 0.3 is 5.97 Å². The largest absolute Gasteiger partial charge is 0.480 e. The summed E-state index contributed by atoms with van der Waals surface area (Å²) in [4.78, 5) is 15.5. The van der Waals surface area contributed by atoms with Crippen molar-refractivity contribution in [2.45, 2.75) is 52.6 Å². The number of hydrogen-bond donors (Lipinski definition) is 1. The summed E-state index contributed by atoms with van der Waals surface area (Å²) in [5.41, 5.74) is 0. The van der Waals surface area contributed by atoms with Crippen LogP contribution in [0.5, 0.6) is 0 Å². The second-order valence-corrected chi connectivity index (χ2v) is 6.09. The van der Waals surface area contributed by atoms with Gasteiger partial charge in [-0.05, 0) is 45.7 Å². The van der Waals surface area contributed by atoms with Gasteiger partial charge in [-0.1, -0.05) is 13.8 Å². The maximum absolute atomic E-state index is 10.9. The van der Waals surface area contributed by atoms with E-state index in [0.717, 1.165) is 32.5 Å². The molecule has 106 valence electrons. The average Bonchev–Trinajstić information content (AvgIpc) is 2.26. The number of hydrogen-bond acceptors (Lipinski definition) is 3. The number of rotatable bonds is 6. The van der Waals surface area contributed by atoms with E-state index in [2.05, 4.69) is 37.5 Å². The van der Waals surface area contributed by atoms with Gasteiger partial charge in [-0.2, -0.15) is 0 Å². The van der Waals surface area contributed by atoms with Crippen LogP contribution in [0, 0.1) is 5.92 Å². The molecule has 0 aromatic carbocycles. The summed E-state index contributed by atoms with van der Waals surface area (Å²) in [5.74, 6) is -0.00455. The highest BCUT2D eigenvalue weighted by molar-refractivity contribution is 5.69. The zero-order valence-electron chi connectivity index (χ0n) is 12.2. The Morgan fingerprint density at radius 2 is 1.83 bits per heavy atom. The number of piperidine rings is 1. The van der Waals surface area contributed by atoms with Crippen LogP contribution in [0.25, 0.3) is 0 Å². The minimum atomic E-state index is -0.715. The van der Waals surface area contributed by atoms with Gasteiger partial charge in [0, 0.05) is 18.6 Å². The molecule has 18 heavy (non-hydrogen) atoms. The lowest BCUT2D eigenvalue weighted by molar-refractivity contribution is -0.139. The molecule has 1 heterocycles. The highest BCUT2D eigenvalue weighted by atomic mass is 16.4. The third-order valence-corrected chi connectivity index (χ3v) is 3.63. The number of nitrogens with zero attached hydrogens (tertiary/aromatic N) is 2. The van der Waals surface area contributed by atoms with Crippen molar-refractivity contribution in [3.8, 4) is 0 Å². The van der Waals surface area contributed by atoms with Gasteiger partial charge in [0.25, 0.3) is 0 Å². The lowest BCUT2D eigenvalue weighted by atomic mass is 10.0. The zero-order valence-corrected chi connectivity index (χ0v) is 12.2. The van der Waals surface area contributed by atoms with Crippen LogP contribution < -0.4 is 0 Å².